The number of nitrogens with zero attached hydrogens (tertiary/aromatic N) is 1. The number of aliphatic imine (C=N–C) groups is 1. The van der Waals surface area contributed by atoms with Crippen LogP contribution >= 0.6 is 35.6 Å². The first kappa shape index (κ1) is 23.6. The lowest BCUT2D eigenvalue weighted by atomic mass is 9.95. The van der Waals surface area contributed by atoms with Gasteiger partial charge in [0.05, 0.1) is 11.6 Å². The van der Waals surface area contributed by atoms with Gasteiger partial charge < -0.3 is 10.6 Å². The van der Waals surface area contributed by atoms with Gasteiger partial charge in [0.25, 0.3) is 0 Å². The van der Waals surface area contributed by atoms with Crippen LogP contribution in [0, 0.1) is 5.82 Å². The Morgan fingerprint density at radius 2 is 2.15 bits per heavy atom. The fraction of sp³-hybridized carbons (Fsp3) is 0.611. The Kier molecular flexibility index (Phi) is 11.0. The summed E-state index contributed by atoms with van der Waals surface area (Å²) in [6.07, 6.45) is 4.10. The number of halogens is 3. The average molecular weight is 516 g/mol. The molecule has 1 aromatic carbocycles. The third-order valence-corrected chi connectivity index (χ3v) is 6.40. The van der Waals surface area contributed by atoms with Crippen LogP contribution in [0.25, 0.3) is 0 Å². The fourth-order valence-electron chi connectivity index (χ4n) is 3.07. The molecular formula is C18H28ClFIN3OS. The molecule has 1 fully saturated rings. The van der Waals surface area contributed by atoms with Gasteiger partial charge in [-0.3, -0.25) is 4.21 Å². The molecule has 1 saturated carbocycles. The largest absolute Gasteiger partial charge is 0.357 e. The van der Waals surface area contributed by atoms with Gasteiger partial charge in [-0.25, -0.2) is 9.38 Å². The Hall–Kier alpha value is -0.410. The number of nitrogens with one attached hydrogen (secondary N) is 2. The number of benzene rings is 1. The summed E-state index contributed by atoms with van der Waals surface area (Å²) in [7, 11) is -0.742. The van der Waals surface area contributed by atoms with E-state index in [-0.39, 0.29) is 40.3 Å². The minimum absolute atomic E-state index is 0. The van der Waals surface area contributed by atoms with Crippen molar-refractivity contribution in [2.45, 2.75) is 57.4 Å². The number of hydrogen-bond donors (Lipinski definition) is 2. The van der Waals surface area contributed by atoms with Gasteiger partial charge in [0.1, 0.15) is 5.82 Å². The molecule has 3 atom stereocenters. The number of rotatable bonds is 6. The van der Waals surface area contributed by atoms with Crippen LogP contribution in [0.2, 0.25) is 5.02 Å². The van der Waals surface area contributed by atoms with Crippen LogP contribution in [-0.4, -0.2) is 33.8 Å². The van der Waals surface area contributed by atoms with Crippen molar-refractivity contribution in [2.24, 2.45) is 4.99 Å². The second-order valence-corrected chi connectivity index (χ2v) is 8.66. The zero-order valence-corrected chi connectivity index (χ0v) is 19.2. The van der Waals surface area contributed by atoms with E-state index >= 15 is 0 Å². The predicted molar refractivity (Wildman–Crippen MR) is 120 cm³/mol. The molecule has 3 unspecified atom stereocenters. The van der Waals surface area contributed by atoms with Gasteiger partial charge in [-0.1, -0.05) is 31.0 Å². The maximum absolute atomic E-state index is 13.2. The Morgan fingerprint density at radius 3 is 2.81 bits per heavy atom. The zero-order chi connectivity index (χ0) is 18.2. The first-order valence-corrected chi connectivity index (χ1v) is 10.6. The monoisotopic (exact) mass is 515 g/mol. The molecule has 0 aliphatic heterocycles. The second kappa shape index (κ2) is 12.1. The van der Waals surface area contributed by atoms with Crippen molar-refractivity contribution in [2.75, 3.05) is 12.3 Å². The average Bonchev–Trinajstić information content (AvgIpc) is 2.62. The molecule has 1 aliphatic rings. The summed E-state index contributed by atoms with van der Waals surface area (Å²) in [5.41, 5.74) is 0.859. The summed E-state index contributed by atoms with van der Waals surface area (Å²) in [6, 6.07) is 4.93. The number of hydrogen-bond acceptors (Lipinski definition) is 2. The highest BCUT2D eigenvalue weighted by Crippen LogP contribution is 2.23. The maximum atomic E-state index is 13.2. The van der Waals surface area contributed by atoms with E-state index in [1.54, 1.807) is 12.1 Å². The van der Waals surface area contributed by atoms with E-state index in [9.17, 15) is 8.60 Å². The van der Waals surface area contributed by atoms with E-state index in [1.165, 1.54) is 6.07 Å². The number of guanidine groups is 1. The van der Waals surface area contributed by atoms with E-state index in [1.807, 2.05) is 13.8 Å². The second-order valence-electron chi connectivity index (χ2n) is 6.24. The quantitative estimate of drug-likeness (QED) is 0.339. The van der Waals surface area contributed by atoms with Crippen LogP contribution in [0.4, 0.5) is 4.39 Å². The van der Waals surface area contributed by atoms with Gasteiger partial charge in [0.2, 0.25) is 0 Å². The molecule has 0 spiro atoms. The molecule has 1 aliphatic carbocycles. The molecule has 0 aromatic heterocycles. The minimum atomic E-state index is -0.742. The maximum Gasteiger partial charge on any atom is 0.191 e. The molecule has 26 heavy (non-hydrogen) atoms. The highest BCUT2D eigenvalue weighted by Gasteiger charge is 2.26. The Balaban J connectivity index is 0.00000338. The van der Waals surface area contributed by atoms with Crippen molar-refractivity contribution in [3.8, 4) is 0 Å². The molecule has 0 heterocycles. The van der Waals surface area contributed by atoms with Gasteiger partial charge in [-0.05, 0) is 43.9 Å². The van der Waals surface area contributed by atoms with Gasteiger partial charge in [-0.15, -0.1) is 24.0 Å². The van der Waals surface area contributed by atoms with E-state index in [2.05, 4.69) is 15.6 Å². The minimum Gasteiger partial charge on any atom is -0.357 e. The van der Waals surface area contributed by atoms with E-state index in [0.29, 0.717) is 6.54 Å². The lowest BCUT2D eigenvalue weighted by Crippen LogP contribution is -2.46. The van der Waals surface area contributed by atoms with Gasteiger partial charge in [0.15, 0.2) is 5.96 Å². The van der Waals surface area contributed by atoms with Crippen molar-refractivity contribution >= 4 is 52.3 Å². The summed E-state index contributed by atoms with van der Waals surface area (Å²) in [5.74, 6) is 1.03. The summed E-state index contributed by atoms with van der Waals surface area (Å²) in [6.45, 7) is 5.17. The lowest BCUT2D eigenvalue weighted by molar-refractivity contribution is 0.413. The zero-order valence-electron chi connectivity index (χ0n) is 15.3. The van der Waals surface area contributed by atoms with Crippen molar-refractivity contribution in [3.63, 3.8) is 0 Å². The first-order valence-electron chi connectivity index (χ1n) is 8.89. The Bertz CT molecular complexity index is 632. The molecular weight excluding hydrogens is 488 g/mol. The van der Waals surface area contributed by atoms with E-state index in [0.717, 1.165) is 49.5 Å². The molecule has 148 valence electrons. The SMILES string of the molecule is CCNC(=NCc1ccc(F)c(Cl)c1)NC1CCCC(S(=O)CC)C1.I. The Labute approximate surface area is 180 Å². The van der Waals surface area contributed by atoms with E-state index < -0.39 is 16.6 Å². The molecule has 2 rings (SSSR count). The molecule has 1 aromatic rings. The normalized spacial score (nSPS) is 21.6. The van der Waals surface area contributed by atoms with Crippen LogP contribution < -0.4 is 10.6 Å². The van der Waals surface area contributed by atoms with Crippen LogP contribution in [0.5, 0.6) is 0 Å². The Morgan fingerprint density at radius 1 is 1.38 bits per heavy atom. The summed E-state index contributed by atoms with van der Waals surface area (Å²) in [4.78, 5) is 4.58. The molecule has 0 bridgehead atoms. The van der Waals surface area contributed by atoms with E-state index in [4.69, 9.17) is 11.6 Å². The van der Waals surface area contributed by atoms with Crippen molar-refractivity contribution in [1.29, 1.82) is 0 Å². The van der Waals surface area contributed by atoms with Gasteiger partial charge in [0, 0.05) is 34.4 Å². The third kappa shape index (κ3) is 7.31. The third-order valence-electron chi connectivity index (χ3n) is 4.37. The topological polar surface area (TPSA) is 53.5 Å². The standard InChI is InChI=1S/C18H27ClFN3OS.HI/c1-3-21-18(22-12-13-8-9-17(20)16(19)10-13)23-14-6-5-7-15(11-14)25(24)4-2;/h8-10,14-15H,3-7,11-12H2,1-2H3,(H2,21,22,23);1H. The summed E-state index contributed by atoms with van der Waals surface area (Å²) in [5, 5.41) is 7.09. The van der Waals surface area contributed by atoms with Gasteiger partial charge >= 0.3 is 0 Å². The molecule has 0 amide bonds. The molecule has 2 N–H and O–H groups in total. The van der Waals surface area contributed by atoms with Crippen molar-refractivity contribution in [3.05, 3.63) is 34.6 Å². The van der Waals surface area contributed by atoms with Crippen molar-refractivity contribution < 1.29 is 8.60 Å². The smallest absolute Gasteiger partial charge is 0.191 e. The van der Waals surface area contributed by atoms with Crippen LogP contribution in [0.15, 0.2) is 23.2 Å². The fourth-order valence-corrected chi connectivity index (χ4v) is 4.62. The first-order chi connectivity index (χ1) is 12.0. The van der Waals surface area contributed by atoms with Crippen molar-refractivity contribution in [1.82, 2.24) is 10.6 Å². The van der Waals surface area contributed by atoms with Gasteiger partial charge in [-0.2, -0.15) is 0 Å². The molecule has 8 heteroatoms. The highest BCUT2D eigenvalue weighted by molar-refractivity contribution is 14.0. The lowest BCUT2D eigenvalue weighted by Gasteiger charge is -2.30. The predicted octanol–water partition coefficient (Wildman–Crippen LogP) is 4.23. The molecule has 4 nitrogen and oxygen atoms in total. The van der Waals surface area contributed by atoms with Crippen LogP contribution in [0.3, 0.4) is 0 Å². The van der Waals surface area contributed by atoms with Crippen LogP contribution in [-0.2, 0) is 17.3 Å². The summed E-state index contributed by atoms with van der Waals surface area (Å²) >= 11 is 5.82. The molecule has 0 radical (unpaired) electrons. The summed E-state index contributed by atoms with van der Waals surface area (Å²) < 4.78 is 25.3. The highest BCUT2D eigenvalue weighted by atomic mass is 127. The van der Waals surface area contributed by atoms with Crippen LogP contribution in [0.1, 0.15) is 45.1 Å². The molecule has 0 saturated heterocycles.